The van der Waals surface area contributed by atoms with Gasteiger partial charge in [0.15, 0.2) is 0 Å². The summed E-state index contributed by atoms with van der Waals surface area (Å²) in [5.74, 6) is 0.712. The third-order valence-electron chi connectivity index (χ3n) is 4.83. The number of hydrogen-bond donors (Lipinski definition) is 1. The van der Waals surface area contributed by atoms with Crippen LogP contribution in [0.2, 0.25) is 0 Å². The predicted molar refractivity (Wildman–Crippen MR) is 103 cm³/mol. The molecule has 3 aromatic rings. The first kappa shape index (κ1) is 17.3. The van der Waals surface area contributed by atoms with Crippen LogP contribution in [-0.2, 0) is 0 Å². The van der Waals surface area contributed by atoms with Crippen molar-refractivity contribution >= 4 is 5.91 Å². The molecule has 1 amide bonds. The van der Waals surface area contributed by atoms with E-state index in [2.05, 4.69) is 22.5 Å². The Labute approximate surface area is 158 Å². The van der Waals surface area contributed by atoms with E-state index in [1.807, 2.05) is 47.4 Å². The van der Waals surface area contributed by atoms with Gasteiger partial charge in [0.25, 0.3) is 5.91 Å². The number of benzene rings is 2. The highest BCUT2D eigenvalue weighted by atomic mass is 16.5. The number of para-hydroxylation sites is 2. The molecule has 0 radical (unpaired) electrons. The second-order valence-corrected chi connectivity index (χ2v) is 6.51. The maximum Gasteiger partial charge on any atom is 0.257 e. The Morgan fingerprint density at radius 1 is 1.15 bits per heavy atom. The van der Waals surface area contributed by atoms with Crippen LogP contribution in [0.5, 0.6) is 5.75 Å². The zero-order valence-electron chi connectivity index (χ0n) is 15.2. The molecular weight excluding hydrogens is 340 g/mol. The standard InChI is InChI=1S/C21H22N4O2/c1-27-20-10-6-5-9-19(20)25-14-17(13-23-25)21(26)24-12-11-22-18(15-24)16-7-3-2-4-8-16/h2-10,13-14,18,22H,11-12,15H2,1H3. The molecule has 27 heavy (non-hydrogen) atoms. The normalized spacial score (nSPS) is 16.9. The van der Waals surface area contributed by atoms with Gasteiger partial charge in [-0.25, -0.2) is 4.68 Å². The van der Waals surface area contributed by atoms with Crippen LogP contribution in [0, 0.1) is 0 Å². The fourth-order valence-electron chi connectivity index (χ4n) is 3.41. The van der Waals surface area contributed by atoms with Crippen molar-refractivity contribution in [2.45, 2.75) is 6.04 Å². The number of rotatable bonds is 4. The Kier molecular flexibility index (Phi) is 4.89. The average Bonchev–Trinajstić information content (AvgIpc) is 3.24. The zero-order valence-corrected chi connectivity index (χ0v) is 15.2. The van der Waals surface area contributed by atoms with E-state index in [4.69, 9.17) is 4.74 Å². The summed E-state index contributed by atoms with van der Waals surface area (Å²) in [5, 5.41) is 7.85. The molecule has 1 saturated heterocycles. The molecule has 0 saturated carbocycles. The summed E-state index contributed by atoms with van der Waals surface area (Å²) < 4.78 is 7.07. The van der Waals surface area contributed by atoms with Gasteiger partial charge >= 0.3 is 0 Å². The van der Waals surface area contributed by atoms with Crippen LogP contribution in [-0.4, -0.2) is 47.3 Å². The van der Waals surface area contributed by atoms with Gasteiger partial charge in [0.05, 0.1) is 18.9 Å². The zero-order chi connectivity index (χ0) is 18.6. The average molecular weight is 362 g/mol. The van der Waals surface area contributed by atoms with E-state index in [1.165, 1.54) is 5.56 Å². The summed E-state index contributed by atoms with van der Waals surface area (Å²) in [6.07, 6.45) is 3.38. The van der Waals surface area contributed by atoms with Gasteiger partial charge in [-0.3, -0.25) is 4.79 Å². The monoisotopic (exact) mass is 362 g/mol. The van der Waals surface area contributed by atoms with Gasteiger partial charge in [0, 0.05) is 31.9 Å². The fourth-order valence-corrected chi connectivity index (χ4v) is 3.41. The number of aromatic nitrogens is 2. The molecule has 6 nitrogen and oxygen atoms in total. The number of amides is 1. The topological polar surface area (TPSA) is 59.4 Å². The number of nitrogens with zero attached hydrogens (tertiary/aromatic N) is 3. The summed E-state index contributed by atoms with van der Waals surface area (Å²) in [7, 11) is 1.62. The van der Waals surface area contributed by atoms with E-state index in [0.29, 0.717) is 24.4 Å². The molecule has 4 rings (SSSR count). The highest BCUT2D eigenvalue weighted by Gasteiger charge is 2.26. The smallest absolute Gasteiger partial charge is 0.257 e. The van der Waals surface area contributed by atoms with E-state index < -0.39 is 0 Å². The largest absolute Gasteiger partial charge is 0.494 e. The summed E-state index contributed by atoms with van der Waals surface area (Å²) in [4.78, 5) is 14.9. The molecule has 1 fully saturated rings. The van der Waals surface area contributed by atoms with Crippen molar-refractivity contribution in [3.8, 4) is 11.4 Å². The van der Waals surface area contributed by atoms with Crippen molar-refractivity contribution in [2.75, 3.05) is 26.7 Å². The van der Waals surface area contributed by atoms with E-state index in [9.17, 15) is 4.79 Å². The van der Waals surface area contributed by atoms with Crippen molar-refractivity contribution in [1.29, 1.82) is 0 Å². The van der Waals surface area contributed by atoms with Gasteiger partial charge in [-0.05, 0) is 17.7 Å². The Morgan fingerprint density at radius 2 is 1.93 bits per heavy atom. The molecule has 138 valence electrons. The van der Waals surface area contributed by atoms with Crippen molar-refractivity contribution in [1.82, 2.24) is 20.0 Å². The van der Waals surface area contributed by atoms with Crippen molar-refractivity contribution in [2.24, 2.45) is 0 Å². The fraction of sp³-hybridized carbons (Fsp3) is 0.238. The van der Waals surface area contributed by atoms with Gasteiger partial charge in [-0.1, -0.05) is 42.5 Å². The van der Waals surface area contributed by atoms with Crippen LogP contribution in [0.4, 0.5) is 0 Å². The van der Waals surface area contributed by atoms with Crippen LogP contribution >= 0.6 is 0 Å². The quantitative estimate of drug-likeness (QED) is 0.775. The minimum atomic E-state index is -0.00132. The Morgan fingerprint density at radius 3 is 2.74 bits per heavy atom. The molecule has 1 aromatic heterocycles. The number of carbonyl (C=O) groups excluding carboxylic acids is 1. The first-order valence-corrected chi connectivity index (χ1v) is 9.02. The molecule has 2 aromatic carbocycles. The minimum absolute atomic E-state index is 0.00132. The lowest BCUT2D eigenvalue weighted by Crippen LogP contribution is -2.48. The van der Waals surface area contributed by atoms with Gasteiger partial charge in [0.2, 0.25) is 0 Å². The van der Waals surface area contributed by atoms with Crippen LogP contribution < -0.4 is 10.1 Å². The number of carbonyl (C=O) groups is 1. The van der Waals surface area contributed by atoms with Crippen molar-refractivity contribution < 1.29 is 9.53 Å². The third-order valence-corrected chi connectivity index (χ3v) is 4.83. The highest BCUT2D eigenvalue weighted by Crippen LogP contribution is 2.23. The van der Waals surface area contributed by atoms with Crippen LogP contribution in [0.25, 0.3) is 5.69 Å². The predicted octanol–water partition coefficient (Wildman–Crippen LogP) is 2.67. The van der Waals surface area contributed by atoms with E-state index >= 15 is 0 Å². The Bertz CT molecular complexity index is 923. The van der Waals surface area contributed by atoms with Crippen LogP contribution in [0.1, 0.15) is 22.0 Å². The lowest BCUT2D eigenvalue weighted by atomic mass is 10.0. The molecular formula is C21H22N4O2. The van der Waals surface area contributed by atoms with E-state index in [0.717, 1.165) is 12.2 Å². The molecule has 1 atom stereocenters. The summed E-state index contributed by atoms with van der Waals surface area (Å²) in [6.45, 7) is 2.09. The highest BCUT2D eigenvalue weighted by molar-refractivity contribution is 5.94. The first-order chi connectivity index (χ1) is 13.3. The maximum atomic E-state index is 13.0. The van der Waals surface area contributed by atoms with E-state index in [1.54, 1.807) is 24.2 Å². The van der Waals surface area contributed by atoms with Gasteiger partial charge < -0.3 is 15.0 Å². The summed E-state index contributed by atoms with van der Waals surface area (Å²) in [5.41, 5.74) is 2.58. The number of nitrogens with one attached hydrogen (secondary N) is 1. The van der Waals surface area contributed by atoms with Gasteiger partial charge in [0.1, 0.15) is 11.4 Å². The SMILES string of the molecule is COc1ccccc1-n1cc(C(=O)N2CCNC(c3ccccc3)C2)cn1. The van der Waals surface area contributed by atoms with Crippen LogP contribution in [0.3, 0.4) is 0 Å². The number of ether oxygens (including phenoxy) is 1. The molecule has 1 N–H and O–H groups in total. The summed E-state index contributed by atoms with van der Waals surface area (Å²) >= 11 is 0. The second-order valence-electron chi connectivity index (χ2n) is 6.51. The van der Waals surface area contributed by atoms with E-state index in [-0.39, 0.29) is 11.9 Å². The molecule has 1 unspecified atom stereocenters. The molecule has 0 aliphatic carbocycles. The second kappa shape index (κ2) is 7.63. The first-order valence-electron chi connectivity index (χ1n) is 9.02. The van der Waals surface area contributed by atoms with Gasteiger partial charge in [-0.2, -0.15) is 5.10 Å². The number of methoxy groups -OCH3 is 1. The van der Waals surface area contributed by atoms with Crippen molar-refractivity contribution in [3.05, 3.63) is 78.1 Å². The van der Waals surface area contributed by atoms with Gasteiger partial charge in [-0.15, -0.1) is 0 Å². The van der Waals surface area contributed by atoms with Crippen molar-refractivity contribution in [3.63, 3.8) is 0 Å². The lowest BCUT2D eigenvalue weighted by molar-refractivity contribution is 0.0703. The Hall–Kier alpha value is -3.12. The molecule has 0 spiro atoms. The maximum absolute atomic E-state index is 13.0. The summed E-state index contributed by atoms with van der Waals surface area (Å²) in [6, 6.07) is 18.0. The minimum Gasteiger partial charge on any atom is -0.494 e. The molecule has 0 bridgehead atoms. The number of piperazine rings is 1. The number of hydrogen-bond acceptors (Lipinski definition) is 4. The third kappa shape index (κ3) is 3.57. The molecule has 1 aliphatic rings. The lowest BCUT2D eigenvalue weighted by Gasteiger charge is -2.33. The molecule has 2 heterocycles. The van der Waals surface area contributed by atoms with Crippen LogP contribution in [0.15, 0.2) is 67.0 Å². The molecule has 6 heteroatoms. The Balaban J connectivity index is 1.52. The molecule has 1 aliphatic heterocycles.